The first-order valence-corrected chi connectivity index (χ1v) is 9.02. The molecule has 2 aromatic rings. The van der Waals surface area contributed by atoms with Crippen molar-refractivity contribution in [1.29, 1.82) is 0 Å². The fraction of sp³-hybridized carbons (Fsp3) is 0.333. The van der Waals surface area contributed by atoms with E-state index in [-0.39, 0.29) is 19.1 Å². The van der Waals surface area contributed by atoms with Gasteiger partial charge in [-0.25, -0.2) is 0 Å². The molecule has 0 radical (unpaired) electrons. The Balaban J connectivity index is 1.60. The maximum Gasteiger partial charge on any atom is 0.312 e. The van der Waals surface area contributed by atoms with E-state index in [9.17, 15) is 14.7 Å². The maximum absolute atomic E-state index is 12.5. The van der Waals surface area contributed by atoms with Crippen LogP contribution >= 0.6 is 0 Å². The molecule has 1 heterocycles. The quantitative estimate of drug-likeness (QED) is 0.812. The fourth-order valence-electron chi connectivity index (χ4n) is 3.10. The number of carboxylic acids is 1. The smallest absolute Gasteiger partial charge is 0.312 e. The number of carbonyl (C=O) groups excluding carboxylic acids is 1. The Kier molecular flexibility index (Phi) is 5.96. The van der Waals surface area contributed by atoms with Gasteiger partial charge in [-0.15, -0.1) is 0 Å². The molecule has 0 aromatic heterocycles. The van der Waals surface area contributed by atoms with E-state index in [0.717, 1.165) is 23.3 Å². The molecule has 6 heteroatoms. The molecule has 0 saturated carbocycles. The molecular formula is C21H23NO5. The summed E-state index contributed by atoms with van der Waals surface area (Å²) in [6, 6.07) is 14.5. The van der Waals surface area contributed by atoms with Crippen LogP contribution < -0.4 is 9.47 Å². The van der Waals surface area contributed by atoms with Gasteiger partial charge in [-0.05, 0) is 41.8 Å². The van der Waals surface area contributed by atoms with Crippen LogP contribution in [0.4, 0.5) is 0 Å². The molecule has 2 aromatic carbocycles. The van der Waals surface area contributed by atoms with Crippen LogP contribution in [-0.2, 0) is 16.1 Å². The standard InChI is InChI=1S/C21H23NO5/c1-2-11-26-16-7-9-17(10-8-16)27-14-20(23)22-12-15-5-3-4-6-18(15)19(13-22)21(24)25/h3-10,19H,2,11-14H2,1H3,(H,24,25). The van der Waals surface area contributed by atoms with Crippen molar-refractivity contribution >= 4 is 11.9 Å². The Labute approximate surface area is 158 Å². The molecule has 0 fully saturated rings. The van der Waals surface area contributed by atoms with E-state index in [1.807, 2.05) is 31.2 Å². The van der Waals surface area contributed by atoms with Gasteiger partial charge in [-0.2, -0.15) is 0 Å². The molecule has 1 amide bonds. The Morgan fingerprint density at radius 2 is 1.74 bits per heavy atom. The van der Waals surface area contributed by atoms with Crippen molar-refractivity contribution in [2.75, 3.05) is 19.8 Å². The highest BCUT2D eigenvalue weighted by Crippen LogP contribution is 2.28. The number of nitrogens with zero attached hydrogens (tertiary/aromatic N) is 1. The van der Waals surface area contributed by atoms with Crippen LogP contribution in [0.2, 0.25) is 0 Å². The zero-order valence-corrected chi connectivity index (χ0v) is 15.3. The molecule has 142 valence electrons. The molecule has 27 heavy (non-hydrogen) atoms. The van der Waals surface area contributed by atoms with Gasteiger partial charge in [0.15, 0.2) is 6.61 Å². The van der Waals surface area contributed by atoms with Crippen LogP contribution in [0.15, 0.2) is 48.5 Å². The second-order valence-corrected chi connectivity index (χ2v) is 6.47. The zero-order chi connectivity index (χ0) is 19.2. The number of benzene rings is 2. The maximum atomic E-state index is 12.5. The average Bonchev–Trinajstić information content (AvgIpc) is 2.70. The number of hydrogen-bond acceptors (Lipinski definition) is 4. The lowest BCUT2D eigenvalue weighted by Crippen LogP contribution is -2.42. The van der Waals surface area contributed by atoms with Gasteiger partial charge in [0.1, 0.15) is 11.5 Å². The lowest BCUT2D eigenvalue weighted by molar-refractivity contribution is -0.142. The summed E-state index contributed by atoms with van der Waals surface area (Å²) in [4.78, 5) is 25.7. The minimum absolute atomic E-state index is 0.135. The molecule has 6 nitrogen and oxygen atoms in total. The third-order valence-electron chi connectivity index (χ3n) is 4.50. The third kappa shape index (κ3) is 4.58. The van der Waals surface area contributed by atoms with Gasteiger partial charge < -0.3 is 19.5 Å². The van der Waals surface area contributed by atoms with E-state index in [2.05, 4.69) is 0 Å². The Morgan fingerprint density at radius 3 is 2.41 bits per heavy atom. The van der Waals surface area contributed by atoms with E-state index in [1.54, 1.807) is 29.2 Å². The van der Waals surface area contributed by atoms with E-state index in [0.29, 0.717) is 18.9 Å². The van der Waals surface area contributed by atoms with Gasteiger partial charge in [0, 0.05) is 13.1 Å². The van der Waals surface area contributed by atoms with Crippen molar-refractivity contribution in [3.63, 3.8) is 0 Å². The van der Waals surface area contributed by atoms with Gasteiger partial charge in [0.2, 0.25) is 0 Å². The summed E-state index contributed by atoms with van der Waals surface area (Å²) in [5, 5.41) is 9.50. The van der Waals surface area contributed by atoms with Crippen LogP contribution in [0.1, 0.15) is 30.4 Å². The van der Waals surface area contributed by atoms with Gasteiger partial charge >= 0.3 is 5.97 Å². The minimum Gasteiger partial charge on any atom is -0.494 e. The number of amides is 1. The van der Waals surface area contributed by atoms with Crippen LogP contribution in [0.5, 0.6) is 11.5 Å². The molecule has 1 unspecified atom stereocenters. The first kappa shape index (κ1) is 18.8. The first-order valence-electron chi connectivity index (χ1n) is 9.02. The number of hydrogen-bond donors (Lipinski definition) is 1. The van der Waals surface area contributed by atoms with Crippen molar-refractivity contribution in [2.24, 2.45) is 0 Å². The van der Waals surface area contributed by atoms with Crippen molar-refractivity contribution in [3.05, 3.63) is 59.7 Å². The summed E-state index contributed by atoms with van der Waals surface area (Å²) in [6.45, 7) is 3.10. The molecule has 1 aliphatic heterocycles. The predicted molar refractivity (Wildman–Crippen MR) is 100.0 cm³/mol. The monoisotopic (exact) mass is 369 g/mol. The number of fused-ring (bicyclic) bond motifs is 1. The predicted octanol–water partition coefficient (Wildman–Crippen LogP) is 3.06. The normalized spacial score (nSPS) is 15.7. The number of carboxylic acid groups (broad SMARTS) is 1. The molecule has 0 saturated heterocycles. The first-order chi connectivity index (χ1) is 13.1. The summed E-state index contributed by atoms with van der Waals surface area (Å²) < 4.78 is 11.1. The summed E-state index contributed by atoms with van der Waals surface area (Å²) in [5.74, 6) is -0.550. The summed E-state index contributed by atoms with van der Waals surface area (Å²) in [7, 11) is 0. The van der Waals surface area contributed by atoms with Crippen LogP contribution in [0.25, 0.3) is 0 Å². The SMILES string of the molecule is CCCOc1ccc(OCC(=O)N2Cc3ccccc3C(C(=O)O)C2)cc1. The van der Waals surface area contributed by atoms with Gasteiger partial charge in [0.05, 0.1) is 12.5 Å². The van der Waals surface area contributed by atoms with E-state index >= 15 is 0 Å². The molecule has 1 atom stereocenters. The van der Waals surface area contributed by atoms with Crippen molar-refractivity contribution in [2.45, 2.75) is 25.8 Å². The van der Waals surface area contributed by atoms with Gasteiger partial charge in [-0.1, -0.05) is 31.2 Å². The van der Waals surface area contributed by atoms with E-state index < -0.39 is 11.9 Å². The average molecular weight is 369 g/mol. The lowest BCUT2D eigenvalue weighted by atomic mass is 9.90. The molecule has 0 spiro atoms. The number of ether oxygens (including phenoxy) is 2. The second kappa shape index (κ2) is 8.58. The number of aliphatic carboxylic acids is 1. The largest absolute Gasteiger partial charge is 0.494 e. The highest BCUT2D eigenvalue weighted by molar-refractivity contribution is 5.82. The second-order valence-electron chi connectivity index (χ2n) is 6.47. The zero-order valence-electron chi connectivity index (χ0n) is 15.3. The van der Waals surface area contributed by atoms with Crippen molar-refractivity contribution in [1.82, 2.24) is 4.90 Å². The number of rotatable bonds is 7. The van der Waals surface area contributed by atoms with Gasteiger partial charge in [-0.3, -0.25) is 9.59 Å². The van der Waals surface area contributed by atoms with Crippen molar-refractivity contribution < 1.29 is 24.2 Å². The van der Waals surface area contributed by atoms with Crippen LogP contribution in [-0.4, -0.2) is 41.6 Å². The highest BCUT2D eigenvalue weighted by Gasteiger charge is 2.32. The summed E-state index contributed by atoms with van der Waals surface area (Å²) >= 11 is 0. The molecule has 1 N–H and O–H groups in total. The van der Waals surface area contributed by atoms with E-state index in [4.69, 9.17) is 9.47 Å². The molecule has 3 rings (SSSR count). The van der Waals surface area contributed by atoms with E-state index in [1.165, 1.54) is 0 Å². The fourth-order valence-corrected chi connectivity index (χ4v) is 3.10. The number of carbonyl (C=O) groups is 2. The Bertz CT molecular complexity index is 802. The Hall–Kier alpha value is -3.02. The minimum atomic E-state index is -0.927. The molecule has 1 aliphatic rings. The molecule has 0 aliphatic carbocycles. The topological polar surface area (TPSA) is 76.1 Å². The van der Waals surface area contributed by atoms with Crippen LogP contribution in [0, 0.1) is 0 Å². The third-order valence-corrected chi connectivity index (χ3v) is 4.50. The summed E-state index contributed by atoms with van der Waals surface area (Å²) in [5.41, 5.74) is 1.64. The highest BCUT2D eigenvalue weighted by atomic mass is 16.5. The van der Waals surface area contributed by atoms with Gasteiger partial charge in [0.25, 0.3) is 5.91 Å². The molecular weight excluding hydrogens is 346 g/mol. The molecule has 0 bridgehead atoms. The van der Waals surface area contributed by atoms with Crippen molar-refractivity contribution in [3.8, 4) is 11.5 Å². The summed E-state index contributed by atoms with van der Waals surface area (Å²) in [6.07, 6.45) is 0.934. The Morgan fingerprint density at radius 1 is 1.07 bits per heavy atom. The van der Waals surface area contributed by atoms with Crippen LogP contribution in [0.3, 0.4) is 0 Å². The lowest BCUT2D eigenvalue weighted by Gasteiger charge is -2.32.